The largest absolute Gasteiger partial charge is 0.381 e. The lowest BCUT2D eigenvalue weighted by molar-refractivity contribution is -0.137. The van der Waals surface area contributed by atoms with Gasteiger partial charge < -0.3 is 19.5 Å². The zero-order chi connectivity index (χ0) is 18.8. The lowest BCUT2D eigenvalue weighted by Gasteiger charge is -2.46. The first-order chi connectivity index (χ1) is 13.1. The SMILES string of the molecule is O=C(CC1CCOCC1)N1CC2CC(C1)CN(C(=O)c1cccc(=O)[nH]1)C2. The van der Waals surface area contributed by atoms with Gasteiger partial charge in [0.1, 0.15) is 5.69 Å². The summed E-state index contributed by atoms with van der Waals surface area (Å²) >= 11 is 0. The zero-order valence-electron chi connectivity index (χ0n) is 15.6. The summed E-state index contributed by atoms with van der Waals surface area (Å²) in [6.07, 6.45) is 3.64. The average molecular weight is 373 g/mol. The van der Waals surface area contributed by atoms with E-state index < -0.39 is 0 Å². The summed E-state index contributed by atoms with van der Waals surface area (Å²) in [6.45, 7) is 4.28. The monoisotopic (exact) mass is 373 g/mol. The summed E-state index contributed by atoms with van der Waals surface area (Å²) in [6, 6.07) is 4.66. The molecule has 2 atom stereocenters. The van der Waals surface area contributed by atoms with E-state index in [9.17, 15) is 14.4 Å². The highest BCUT2D eigenvalue weighted by atomic mass is 16.5. The number of ether oxygens (including phenoxy) is 1. The fourth-order valence-corrected chi connectivity index (χ4v) is 4.72. The number of hydrogen-bond donors (Lipinski definition) is 1. The van der Waals surface area contributed by atoms with Gasteiger partial charge in [-0.1, -0.05) is 6.07 Å². The number of aromatic amines is 1. The van der Waals surface area contributed by atoms with E-state index in [1.165, 1.54) is 6.07 Å². The number of hydrogen-bond acceptors (Lipinski definition) is 4. The van der Waals surface area contributed by atoms with E-state index in [2.05, 4.69) is 4.98 Å². The van der Waals surface area contributed by atoms with E-state index in [4.69, 9.17) is 4.74 Å². The molecule has 3 fully saturated rings. The lowest BCUT2D eigenvalue weighted by Crippen LogP contribution is -2.55. The maximum Gasteiger partial charge on any atom is 0.270 e. The number of carbonyl (C=O) groups is 2. The number of pyridine rings is 1. The molecule has 7 nitrogen and oxygen atoms in total. The molecule has 0 aromatic carbocycles. The fourth-order valence-electron chi connectivity index (χ4n) is 4.72. The van der Waals surface area contributed by atoms with Crippen LogP contribution in [-0.2, 0) is 9.53 Å². The van der Waals surface area contributed by atoms with Gasteiger partial charge >= 0.3 is 0 Å². The van der Waals surface area contributed by atoms with Crippen LogP contribution in [0.1, 0.15) is 36.2 Å². The standard InChI is InChI=1S/C20H27N3O4/c24-18-3-1-2-17(21-18)20(26)23-12-15-8-16(13-23)11-22(10-15)19(25)9-14-4-6-27-7-5-14/h1-3,14-16H,4-13H2,(H,21,24). The van der Waals surface area contributed by atoms with Crippen LogP contribution in [-0.4, -0.2) is 66.0 Å². The van der Waals surface area contributed by atoms with Crippen molar-refractivity contribution in [3.63, 3.8) is 0 Å². The van der Waals surface area contributed by atoms with Gasteiger partial charge in [-0.25, -0.2) is 0 Å². The summed E-state index contributed by atoms with van der Waals surface area (Å²) < 4.78 is 5.38. The number of aromatic nitrogens is 1. The Balaban J connectivity index is 1.36. The molecule has 1 aromatic heterocycles. The molecule has 3 aliphatic rings. The van der Waals surface area contributed by atoms with Gasteiger partial charge in [0.25, 0.3) is 5.91 Å². The second-order valence-electron chi connectivity index (χ2n) is 8.17. The van der Waals surface area contributed by atoms with Crippen LogP contribution in [0.5, 0.6) is 0 Å². The normalized spacial score (nSPS) is 26.1. The van der Waals surface area contributed by atoms with Gasteiger partial charge in [-0.05, 0) is 43.1 Å². The van der Waals surface area contributed by atoms with Crippen LogP contribution in [0.2, 0.25) is 0 Å². The van der Waals surface area contributed by atoms with Gasteiger partial charge in [0.05, 0.1) is 0 Å². The van der Waals surface area contributed by atoms with Gasteiger partial charge in [0, 0.05) is 51.9 Å². The maximum atomic E-state index is 12.7. The van der Waals surface area contributed by atoms with E-state index in [0.29, 0.717) is 43.0 Å². The number of piperidine rings is 2. The number of carbonyl (C=O) groups excluding carboxylic acids is 2. The summed E-state index contributed by atoms with van der Waals surface area (Å²) in [4.78, 5) is 43.4. The molecule has 3 aliphatic heterocycles. The van der Waals surface area contributed by atoms with Crippen LogP contribution in [0.15, 0.2) is 23.0 Å². The second kappa shape index (κ2) is 7.84. The van der Waals surface area contributed by atoms with Crippen LogP contribution >= 0.6 is 0 Å². The van der Waals surface area contributed by atoms with E-state index in [0.717, 1.165) is 45.6 Å². The third kappa shape index (κ3) is 4.24. The van der Waals surface area contributed by atoms with Crippen molar-refractivity contribution < 1.29 is 14.3 Å². The van der Waals surface area contributed by atoms with Crippen LogP contribution < -0.4 is 5.56 Å². The smallest absolute Gasteiger partial charge is 0.270 e. The van der Waals surface area contributed by atoms with Crippen molar-refractivity contribution in [3.05, 3.63) is 34.2 Å². The average Bonchev–Trinajstić information content (AvgIpc) is 2.67. The number of H-pyrrole nitrogens is 1. The first-order valence-corrected chi connectivity index (χ1v) is 9.92. The van der Waals surface area contributed by atoms with Crippen LogP contribution in [0.3, 0.4) is 0 Å². The maximum absolute atomic E-state index is 12.7. The number of rotatable bonds is 3. The molecule has 1 N–H and O–H groups in total. The molecule has 2 bridgehead atoms. The van der Waals surface area contributed by atoms with Crippen molar-refractivity contribution in [2.75, 3.05) is 39.4 Å². The summed E-state index contributed by atoms with van der Waals surface area (Å²) in [5.41, 5.74) is 0.0814. The zero-order valence-corrected chi connectivity index (χ0v) is 15.6. The highest BCUT2D eigenvalue weighted by molar-refractivity contribution is 5.92. The minimum absolute atomic E-state index is 0.121. The molecule has 0 radical (unpaired) electrons. The Morgan fingerprint density at radius 1 is 1.04 bits per heavy atom. The van der Waals surface area contributed by atoms with Gasteiger partial charge in [0.15, 0.2) is 0 Å². The molecule has 2 amide bonds. The quantitative estimate of drug-likeness (QED) is 0.861. The molecule has 1 aromatic rings. The molecule has 0 saturated carbocycles. The number of fused-ring (bicyclic) bond motifs is 2. The van der Waals surface area contributed by atoms with Crippen molar-refractivity contribution in [2.45, 2.75) is 25.7 Å². The number of amides is 2. The number of nitrogens with zero attached hydrogens (tertiary/aromatic N) is 2. The highest BCUT2D eigenvalue weighted by Gasteiger charge is 2.38. The molecule has 3 saturated heterocycles. The molecule has 7 heteroatoms. The topological polar surface area (TPSA) is 82.7 Å². The molecular weight excluding hydrogens is 346 g/mol. The molecule has 0 aliphatic carbocycles. The molecule has 4 heterocycles. The number of nitrogens with one attached hydrogen (secondary N) is 1. The van der Waals surface area contributed by atoms with Gasteiger partial charge in [-0.3, -0.25) is 14.4 Å². The van der Waals surface area contributed by atoms with Crippen molar-refractivity contribution >= 4 is 11.8 Å². The molecule has 2 unspecified atom stereocenters. The first-order valence-electron chi connectivity index (χ1n) is 9.92. The Bertz CT molecular complexity index is 742. The Hall–Kier alpha value is -2.15. The molecule has 0 spiro atoms. The highest BCUT2D eigenvalue weighted by Crippen LogP contribution is 2.30. The third-order valence-corrected chi connectivity index (χ3v) is 6.02. The molecule has 146 valence electrons. The molecule has 27 heavy (non-hydrogen) atoms. The van der Waals surface area contributed by atoms with Gasteiger partial charge in [-0.15, -0.1) is 0 Å². The molecular formula is C20H27N3O4. The van der Waals surface area contributed by atoms with Crippen LogP contribution in [0.4, 0.5) is 0 Å². The van der Waals surface area contributed by atoms with Crippen LogP contribution in [0, 0.1) is 17.8 Å². The molecule has 4 rings (SSSR count). The van der Waals surface area contributed by atoms with Crippen molar-refractivity contribution in [1.29, 1.82) is 0 Å². The minimum Gasteiger partial charge on any atom is -0.381 e. The number of likely N-dealkylation sites (tertiary alicyclic amines) is 2. The van der Waals surface area contributed by atoms with Crippen molar-refractivity contribution in [3.8, 4) is 0 Å². The Morgan fingerprint density at radius 3 is 2.37 bits per heavy atom. The van der Waals surface area contributed by atoms with Crippen molar-refractivity contribution in [2.24, 2.45) is 17.8 Å². The lowest BCUT2D eigenvalue weighted by atomic mass is 9.84. The van der Waals surface area contributed by atoms with Gasteiger partial charge in [-0.2, -0.15) is 0 Å². The van der Waals surface area contributed by atoms with Crippen molar-refractivity contribution in [1.82, 2.24) is 14.8 Å². The summed E-state index contributed by atoms with van der Waals surface area (Å²) in [5.74, 6) is 1.21. The fraction of sp³-hybridized carbons (Fsp3) is 0.650. The predicted molar refractivity (Wildman–Crippen MR) is 99.3 cm³/mol. The van der Waals surface area contributed by atoms with E-state index >= 15 is 0 Å². The van der Waals surface area contributed by atoms with E-state index in [1.54, 1.807) is 12.1 Å². The van der Waals surface area contributed by atoms with E-state index in [1.807, 2.05) is 9.80 Å². The Labute approximate surface area is 158 Å². The predicted octanol–water partition coefficient (Wildman–Crippen LogP) is 1.11. The minimum atomic E-state index is -0.261. The van der Waals surface area contributed by atoms with Gasteiger partial charge in [0.2, 0.25) is 11.5 Å². The summed E-state index contributed by atoms with van der Waals surface area (Å²) in [5, 5.41) is 0. The third-order valence-electron chi connectivity index (χ3n) is 6.02. The Morgan fingerprint density at radius 2 is 1.70 bits per heavy atom. The Kier molecular flexibility index (Phi) is 5.29. The first kappa shape index (κ1) is 18.2. The summed E-state index contributed by atoms with van der Waals surface area (Å²) in [7, 11) is 0. The second-order valence-corrected chi connectivity index (χ2v) is 8.17. The van der Waals surface area contributed by atoms with E-state index in [-0.39, 0.29) is 17.4 Å². The van der Waals surface area contributed by atoms with Crippen LogP contribution in [0.25, 0.3) is 0 Å².